The molecule has 2 heterocycles. The number of halogens is 1. The third-order valence-electron chi connectivity index (χ3n) is 3.87. The Morgan fingerprint density at radius 3 is 2.74 bits per heavy atom. The van der Waals surface area contributed by atoms with Crippen LogP contribution < -0.4 is 0 Å². The van der Waals surface area contributed by atoms with E-state index in [4.69, 9.17) is 9.52 Å². The van der Waals surface area contributed by atoms with Crippen molar-refractivity contribution >= 4 is 11.9 Å². The van der Waals surface area contributed by atoms with Gasteiger partial charge in [-0.3, -0.25) is 9.59 Å². The largest absolute Gasteiger partial charge is 0.481 e. The van der Waals surface area contributed by atoms with Crippen LogP contribution in [0.1, 0.15) is 12.1 Å². The lowest BCUT2D eigenvalue weighted by atomic mass is 10.1. The van der Waals surface area contributed by atoms with Crippen LogP contribution in [0.4, 0.5) is 4.39 Å². The van der Waals surface area contributed by atoms with Crippen molar-refractivity contribution in [2.75, 3.05) is 13.1 Å². The van der Waals surface area contributed by atoms with Crippen molar-refractivity contribution in [3.8, 4) is 11.5 Å². The first kappa shape index (κ1) is 15.2. The van der Waals surface area contributed by atoms with Gasteiger partial charge in [-0.25, -0.2) is 9.37 Å². The topological polar surface area (TPSA) is 83.6 Å². The number of carbonyl (C=O) groups is 2. The fourth-order valence-electron chi connectivity index (χ4n) is 2.57. The van der Waals surface area contributed by atoms with Crippen molar-refractivity contribution in [3.63, 3.8) is 0 Å². The summed E-state index contributed by atoms with van der Waals surface area (Å²) in [6.07, 6.45) is 1.92. The van der Waals surface area contributed by atoms with Gasteiger partial charge in [0.25, 0.3) is 0 Å². The Hall–Kier alpha value is -2.70. The Kier molecular flexibility index (Phi) is 4.10. The molecule has 1 aromatic carbocycles. The molecule has 1 amide bonds. The number of amides is 1. The van der Waals surface area contributed by atoms with Gasteiger partial charge >= 0.3 is 5.97 Å². The quantitative estimate of drug-likeness (QED) is 0.931. The van der Waals surface area contributed by atoms with E-state index in [1.807, 2.05) is 0 Å². The third-order valence-corrected chi connectivity index (χ3v) is 3.87. The molecule has 120 valence electrons. The van der Waals surface area contributed by atoms with Gasteiger partial charge in [0.2, 0.25) is 11.8 Å². The Morgan fingerprint density at radius 2 is 2.09 bits per heavy atom. The second kappa shape index (κ2) is 6.20. The Labute approximate surface area is 131 Å². The number of hydrogen-bond acceptors (Lipinski definition) is 4. The predicted molar refractivity (Wildman–Crippen MR) is 77.9 cm³/mol. The lowest BCUT2D eigenvalue weighted by Gasteiger charge is -2.14. The molecule has 1 aliphatic heterocycles. The van der Waals surface area contributed by atoms with E-state index in [9.17, 15) is 14.0 Å². The molecule has 7 heteroatoms. The summed E-state index contributed by atoms with van der Waals surface area (Å²) in [6, 6.07) is 5.71. The van der Waals surface area contributed by atoms with E-state index in [1.54, 1.807) is 12.1 Å². The highest BCUT2D eigenvalue weighted by molar-refractivity contribution is 5.80. The van der Waals surface area contributed by atoms with Crippen molar-refractivity contribution in [3.05, 3.63) is 42.0 Å². The van der Waals surface area contributed by atoms with E-state index in [-0.39, 0.29) is 24.7 Å². The number of aliphatic carboxylic acids is 1. The fourth-order valence-corrected chi connectivity index (χ4v) is 2.57. The lowest BCUT2D eigenvalue weighted by molar-refractivity contribution is -0.141. The van der Waals surface area contributed by atoms with Crippen LogP contribution in [-0.2, 0) is 16.0 Å². The molecule has 1 aliphatic rings. The van der Waals surface area contributed by atoms with Crippen LogP contribution >= 0.6 is 0 Å². The maximum Gasteiger partial charge on any atom is 0.308 e. The van der Waals surface area contributed by atoms with Gasteiger partial charge in [0, 0.05) is 18.7 Å². The molecule has 1 saturated heterocycles. The number of aromatic nitrogens is 1. The SMILES string of the molecule is O=C(O)C1CCN(C(=O)Cc2coc(-c3ccc(F)cc3)n2)C1. The number of benzene rings is 1. The number of nitrogens with zero attached hydrogens (tertiary/aromatic N) is 2. The zero-order chi connectivity index (χ0) is 16.4. The molecular weight excluding hydrogens is 303 g/mol. The zero-order valence-electron chi connectivity index (χ0n) is 12.2. The average molecular weight is 318 g/mol. The molecule has 1 N–H and O–H groups in total. The van der Waals surface area contributed by atoms with Gasteiger partial charge in [0.1, 0.15) is 12.1 Å². The molecule has 0 aliphatic carbocycles. The van der Waals surface area contributed by atoms with Gasteiger partial charge in [-0.05, 0) is 30.7 Å². The Balaban J connectivity index is 1.64. The van der Waals surface area contributed by atoms with Gasteiger partial charge < -0.3 is 14.4 Å². The number of carboxylic acid groups (broad SMARTS) is 1. The van der Waals surface area contributed by atoms with Crippen LogP contribution in [0.2, 0.25) is 0 Å². The first-order valence-corrected chi connectivity index (χ1v) is 7.24. The van der Waals surface area contributed by atoms with Crippen molar-refractivity contribution < 1.29 is 23.5 Å². The van der Waals surface area contributed by atoms with Crippen LogP contribution in [0.25, 0.3) is 11.5 Å². The van der Waals surface area contributed by atoms with E-state index in [0.29, 0.717) is 30.1 Å². The highest BCUT2D eigenvalue weighted by Crippen LogP contribution is 2.21. The first-order valence-electron chi connectivity index (χ1n) is 7.24. The summed E-state index contributed by atoms with van der Waals surface area (Å²) in [4.78, 5) is 28.9. The fraction of sp³-hybridized carbons (Fsp3) is 0.312. The molecule has 1 fully saturated rings. The molecule has 1 atom stereocenters. The summed E-state index contributed by atoms with van der Waals surface area (Å²) in [5.74, 6) is -1.57. The van der Waals surface area contributed by atoms with Crippen molar-refractivity contribution in [1.29, 1.82) is 0 Å². The summed E-state index contributed by atoms with van der Waals surface area (Å²) >= 11 is 0. The number of likely N-dealkylation sites (tertiary alicyclic amines) is 1. The van der Waals surface area contributed by atoms with Crippen LogP contribution in [0.3, 0.4) is 0 Å². The number of hydrogen-bond donors (Lipinski definition) is 1. The maximum absolute atomic E-state index is 12.9. The monoisotopic (exact) mass is 318 g/mol. The predicted octanol–water partition coefficient (Wildman–Crippen LogP) is 1.96. The van der Waals surface area contributed by atoms with Gasteiger partial charge in [0.15, 0.2) is 0 Å². The highest BCUT2D eigenvalue weighted by atomic mass is 19.1. The van der Waals surface area contributed by atoms with Gasteiger partial charge in [-0.1, -0.05) is 0 Å². The minimum absolute atomic E-state index is 0.0526. The lowest BCUT2D eigenvalue weighted by Crippen LogP contribution is -2.31. The third kappa shape index (κ3) is 3.39. The Bertz CT molecular complexity index is 726. The molecule has 0 bridgehead atoms. The normalized spacial score (nSPS) is 17.4. The molecule has 2 aromatic rings. The summed E-state index contributed by atoms with van der Waals surface area (Å²) in [6.45, 7) is 0.676. The van der Waals surface area contributed by atoms with Crippen LogP contribution in [0, 0.1) is 11.7 Å². The number of oxazole rings is 1. The molecule has 23 heavy (non-hydrogen) atoms. The standard InChI is InChI=1S/C16H15FN2O4/c17-12-3-1-10(2-4-12)15-18-13(9-23-15)7-14(20)19-6-5-11(8-19)16(21)22/h1-4,9,11H,5-8H2,(H,21,22). The zero-order valence-corrected chi connectivity index (χ0v) is 12.2. The van der Waals surface area contributed by atoms with Crippen LogP contribution in [0.15, 0.2) is 34.9 Å². The summed E-state index contributed by atoms with van der Waals surface area (Å²) in [5.41, 5.74) is 1.09. The van der Waals surface area contributed by atoms with Crippen molar-refractivity contribution in [2.45, 2.75) is 12.8 Å². The maximum atomic E-state index is 12.9. The number of carboxylic acids is 1. The summed E-state index contributed by atoms with van der Waals surface area (Å²) < 4.78 is 18.2. The smallest absolute Gasteiger partial charge is 0.308 e. The molecule has 1 unspecified atom stereocenters. The molecule has 3 rings (SSSR count). The summed E-state index contributed by atoms with van der Waals surface area (Å²) in [7, 11) is 0. The highest BCUT2D eigenvalue weighted by Gasteiger charge is 2.31. The molecular formula is C16H15FN2O4. The van der Waals surface area contributed by atoms with E-state index >= 15 is 0 Å². The minimum atomic E-state index is -0.875. The molecule has 0 saturated carbocycles. The molecule has 1 aromatic heterocycles. The summed E-state index contributed by atoms with van der Waals surface area (Å²) in [5, 5.41) is 8.96. The van der Waals surface area contributed by atoms with Gasteiger partial charge in [-0.2, -0.15) is 0 Å². The second-order valence-electron chi connectivity index (χ2n) is 5.49. The van der Waals surface area contributed by atoms with Crippen molar-refractivity contribution in [2.24, 2.45) is 5.92 Å². The van der Waals surface area contributed by atoms with Gasteiger partial charge in [0.05, 0.1) is 18.0 Å². The van der Waals surface area contributed by atoms with E-state index in [2.05, 4.69) is 4.98 Å². The first-order chi connectivity index (χ1) is 11.0. The minimum Gasteiger partial charge on any atom is -0.481 e. The molecule has 0 radical (unpaired) electrons. The molecule has 6 nitrogen and oxygen atoms in total. The average Bonchev–Trinajstić information content (AvgIpc) is 3.17. The Morgan fingerprint density at radius 1 is 1.35 bits per heavy atom. The number of carbonyl (C=O) groups excluding carboxylic acids is 1. The van der Waals surface area contributed by atoms with Crippen LogP contribution in [-0.4, -0.2) is 40.0 Å². The second-order valence-corrected chi connectivity index (χ2v) is 5.49. The van der Waals surface area contributed by atoms with Crippen LogP contribution in [0.5, 0.6) is 0 Å². The van der Waals surface area contributed by atoms with E-state index in [1.165, 1.54) is 23.3 Å². The van der Waals surface area contributed by atoms with E-state index < -0.39 is 11.9 Å². The van der Waals surface area contributed by atoms with Gasteiger partial charge in [-0.15, -0.1) is 0 Å². The van der Waals surface area contributed by atoms with E-state index in [0.717, 1.165) is 0 Å². The number of rotatable bonds is 4. The molecule has 0 spiro atoms. The van der Waals surface area contributed by atoms with Crippen molar-refractivity contribution in [1.82, 2.24) is 9.88 Å².